The van der Waals surface area contributed by atoms with Gasteiger partial charge in [0, 0.05) is 25.9 Å². The van der Waals surface area contributed by atoms with E-state index in [4.69, 9.17) is 4.74 Å². The molecule has 0 bridgehead atoms. The third kappa shape index (κ3) is 2.71. The first kappa shape index (κ1) is 14.6. The Bertz CT molecular complexity index is 563. The van der Waals surface area contributed by atoms with E-state index in [2.05, 4.69) is 38.8 Å². The first-order chi connectivity index (χ1) is 9.79. The van der Waals surface area contributed by atoms with Crippen molar-refractivity contribution in [3.8, 4) is 5.75 Å². The van der Waals surface area contributed by atoms with E-state index in [1.165, 1.54) is 5.56 Å². The Balaban J connectivity index is 1.92. The normalized spacial score (nSPS) is 22.0. The lowest BCUT2D eigenvalue weighted by Crippen LogP contribution is -2.50. The van der Waals surface area contributed by atoms with Crippen molar-refractivity contribution in [1.82, 2.24) is 4.90 Å². The molecule has 2 aliphatic heterocycles. The number of nitrogens with zero attached hydrogens (tertiary/aromatic N) is 1. The molecule has 1 aromatic carbocycles. The summed E-state index contributed by atoms with van der Waals surface area (Å²) in [6.07, 6.45) is 2.41. The average molecular weight is 287 g/mol. The number of fused-ring (bicyclic) bond motifs is 1. The van der Waals surface area contributed by atoms with Gasteiger partial charge in [0.2, 0.25) is 0 Å². The first-order valence-corrected chi connectivity index (χ1v) is 7.84. The van der Waals surface area contributed by atoms with Crippen LogP contribution >= 0.6 is 0 Å². The second-order valence-electron chi connectivity index (χ2n) is 7.65. The molecule has 0 unspecified atom stereocenters. The van der Waals surface area contributed by atoms with Crippen LogP contribution in [0.2, 0.25) is 0 Å². The average Bonchev–Trinajstić information content (AvgIpc) is 2.41. The fourth-order valence-corrected chi connectivity index (χ4v) is 3.27. The van der Waals surface area contributed by atoms with Crippen LogP contribution in [0.15, 0.2) is 18.2 Å². The first-order valence-electron chi connectivity index (χ1n) is 7.84. The van der Waals surface area contributed by atoms with Gasteiger partial charge < -0.3 is 9.64 Å². The second-order valence-corrected chi connectivity index (χ2v) is 7.65. The van der Waals surface area contributed by atoms with Crippen LogP contribution in [0.5, 0.6) is 5.75 Å². The van der Waals surface area contributed by atoms with E-state index in [1.54, 1.807) is 0 Å². The maximum absolute atomic E-state index is 12.6. The zero-order valence-electron chi connectivity index (χ0n) is 13.5. The van der Waals surface area contributed by atoms with Crippen LogP contribution < -0.4 is 4.74 Å². The molecule has 3 rings (SSSR count). The number of carbonyl (C=O) groups excluding carboxylic acids is 1. The number of hydrogen-bond donors (Lipinski definition) is 0. The highest BCUT2D eigenvalue weighted by molar-refractivity contribution is 6.00. The molecule has 2 heterocycles. The van der Waals surface area contributed by atoms with E-state index < -0.39 is 0 Å². The highest BCUT2D eigenvalue weighted by Gasteiger charge is 2.42. The van der Waals surface area contributed by atoms with Crippen molar-refractivity contribution >= 4 is 5.78 Å². The Morgan fingerprint density at radius 2 is 1.86 bits per heavy atom. The van der Waals surface area contributed by atoms with Crippen molar-refractivity contribution in [3.63, 3.8) is 0 Å². The predicted molar refractivity (Wildman–Crippen MR) is 84.2 cm³/mol. The van der Waals surface area contributed by atoms with Crippen LogP contribution in [0, 0.1) is 0 Å². The lowest BCUT2D eigenvalue weighted by molar-refractivity contribution is -0.00371. The van der Waals surface area contributed by atoms with Crippen molar-refractivity contribution in [2.45, 2.75) is 51.0 Å². The van der Waals surface area contributed by atoms with Gasteiger partial charge in [-0.2, -0.15) is 0 Å². The second kappa shape index (κ2) is 4.84. The van der Waals surface area contributed by atoms with Gasteiger partial charge in [0.25, 0.3) is 0 Å². The van der Waals surface area contributed by atoms with Gasteiger partial charge in [0.15, 0.2) is 5.78 Å². The molecule has 1 aromatic rings. The van der Waals surface area contributed by atoms with Gasteiger partial charge in [-0.3, -0.25) is 4.79 Å². The van der Waals surface area contributed by atoms with Crippen LogP contribution in [-0.4, -0.2) is 36.4 Å². The molecule has 1 saturated heterocycles. The van der Waals surface area contributed by atoms with Gasteiger partial charge in [-0.1, -0.05) is 26.8 Å². The van der Waals surface area contributed by atoms with E-state index in [-0.39, 0.29) is 16.8 Å². The minimum Gasteiger partial charge on any atom is -0.486 e. The third-order valence-electron chi connectivity index (χ3n) is 4.85. The van der Waals surface area contributed by atoms with Crippen LogP contribution in [0.25, 0.3) is 0 Å². The van der Waals surface area contributed by atoms with Crippen molar-refractivity contribution in [2.24, 2.45) is 0 Å². The zero-order valence-corrected chi connectivity index (χ0v) is 13.5. The van der Waals surface area contributed by atoms with Crippen molar-refractivity contribution < 1.29 is 9.53 Å². The molecule has 1 spiro atoms. The lowest BCUT2D eigenvalue weighted by atomic mass is 9.80. The third-order valence-corrected chi connectivity index (χ3v) is 4.85. The van der Waals surface area contributed by atoms with Gasteiger partial charge >= 0.3 is 0 Å². The maximum atomic E-state index is 12.6. The molecule has 0 N–H and O–H groups in total. The highest BCUT2D eigenvalue weighted by Crippen LogP contribution is 2.40. The summed E-state index contributed by atoms with van der Waals surface area (Å²) in [7, 11) is 2.13. The molecule has 1 fully saturated rings. The quantitative estimate of drug-likeness (QED) is 0.732. The fraction of sp³-hybridized carbons (Fsp3) is 0.611. The minimum absolute atomic E-state index is 0.0536. The monoisotopic (exact) mass is 287 g/mol. The van der Waals surface area contributed by atoms with Gasteiger partial charge in [-0.15, -0.1) is 0 Å². The van der Waals surface area contributed by atoms with Gasteiger partial charge in [0.05, 0.1) is 12.0 Å². The topological polar surface area (TPSA) is 29.5 Å². The highest BCUT2D eigenvalue weighted by atomic mass is 16.5. The molecular formula is C18H25NO2. The Kier molecular flexibility index (Phi) is 3.36. The minimum atomic E-state index is -0.264. The number of piperidine rings is 1. The number of Topliss-reactive ketones (excluding diaryl/α,β-unsaturated/α-hetero) is 1. The molecule has 114 valence electrons. The number of ketones is 1. The van der Waals surface area contributed by atoms with Crippen molar-refractivity contribution in [1.29, 1.82) is 0 Å². The van der Waals surface area contributed by atoms with Gasteiger partial charge in [-0.25, -0.2) is 0 Å². The standard InChI is InChI=1S/C18H25NO2/c1-17(2,3)13-5-6-16-14(11-13)15(20)12-18(21-16)7-9-19(4)10-8-18/h5-6,11H,7-10,12H2,1-4H3. The number of ether oxygens (including phenoxy) is 1. The summed E-state index contributed by atoms with van der Waals surface area (Å²) < 4.78 is 6.30. The summed E-state index contributed by atoms with van der Waals surface area (Å²) in [5.74, 6) is 1.02. The summed E-state index contributed by atoms with van der Waals surface area (Å²) in [4.78, 5) is 14.9. The maximum Gasteiger partial charge on any atom is 0.170 e. The number of likely N-dealkylation sites (tertiary alicyclic amines) is 1. The van der Waals surface area contributed by atoms with Crippen LogP contribution in [0.4, 0.5) is 0 Å². The largest absolute Gasteiger partial charge is 0.486 e. The summed E-state index contributed by atoms with van der Waals surface area (Å²) in [5, 5.41) is 0. The number of hydrogen-bond acceptors (Lipinski definition) is 3. The molecule has 3 heteroatoms. The van der Waals surface area contributed by atoms with Gasteiger partial charge in [-0.05, 0) is 30.2 Å². The Labute approximate surface area is 127 Å². The predicted octanol–water partition coefficient (Wildman–Crippen LogP) is 3.41. The van der Waals surface area contributed by atoms with Crippen molar-refractivity contribution in [2.75, 3.05) is 20.1 Å². The van der Waals surface area contributed by atoms with Crippen LogP contribution in [-0.2, 0) is 5.41 Å². The molecule has 0 atom stereocenters. The summed E-state index contributed by atoms with van der Waals surface area (Å²) in [6, 6.07) is 6.12. The zero-order chi connectivity index (χ0) is 15.3. The van der Waals surface area contributed by atoms with E-state index in [9.17, 15) is 4.79 Å². The molecular weight excluding hydrogens is 262 g/mol. The smallest absolute Gasteiger partial charge is 0.170 e. The fourth-order valence-electron chi connectivity index (χ4n) is 3.27. The van der Waals surface area contributed by atoms with E-state index >= 15 is 0 Å². The molecule has 0 saturated carbocycles. The molecule has 0 aliphatic carbocycles. The van der Waals surface area contributed by atoms with E-state index in [0.717, 1.165) is 37.2 Å². The molecule has 21 heavy (non-hydrogen) atoms. The van der Waals surface area contributed by atoms with E-state index in [0.29, 0.717) is 6.42 Å². The van der Waals surface area contributed by atoms with Gasteiger partial charge in [0.1, 0.15) is 11.4 Å². The molecule has 3 nitrogen and oxygen atoms in total. The van der Waals surface area contributed by atoms with Crippen molar-refractivity contribution in [3.05, 3.63) is 29.3 Å². The Hall–Kier alpha value is -1.35. The van der Waals surface area contributed by atoms with E-state index in [1.807, 2.05) is 12.1 Å². The lowest BCUT2D eigenvalue weighted by Gasteiger charge is -2.43. The number of carbonyl (C=O) groups is 1. The molecule has 0 amide bonds. The summed E-state index contributed by atoms with van der Waals surface area (Å²) in [5.41, 5.74) is 1.75. The number of benzene rings is 1. The summed E-state index contributed by atoms with van der Waals surface area (Å²) >= 11 is 0. The molecule has 0 radical (unpaired) electrons. The summed E-state index contributed by atoms with van der Waals surface area (Å²) in [6.45, 7) is 8.51. The SMILES string of the molecule is CN1CCC2(CC1)CC(=O)c1cc(C(C)(C)C)ccc1O2. The number of rotatable bonds is 0. The Morgan fingerprint density at radius 1 is 1.19 bits per heavy atom. The Morgan fingerprint density at radius 3 is 2.48 bits per heavy atom. The molecule has 0 aromatic heterocycles. The van der Waals surface area contributed by atoms with Crippen LogP contribution in [0.1, 0.15) is 56.0 Å². The van der Waals surface area contributed by atoms with Crippen LogP contribution in [0.3, 0.4) is 0 Å². The molecule has 2 aliphatic rings.